The van der Waals surface area contributed by atoms with Crippen molar-refractivity contribution in [1.82, 2.24) is 14.5 Å². The topological polar surface area (TPSA) is 86.8 Å². The second kappa shape index (κ2) is 10.2. The van der Waals surface area contributed by atoms with Crippen molar-refractivity contribution in [3.8, 4) is 0 Å². The predicted octanol–water partition coefficient (Wildman–Crippen LogP) is 3.42. The molecule has 2 aromatic rings. The summed E-state index contributed by atoms with van der Waals surface area (Å²) in [6, 6.07) is 11.8. The Hall–Kier alpha value is -2.78. The number of sulfonamides is 1. The third-order valence-corrected chi connectivity index (χ3v) is 8.71. The molecule has 9 heteroatoms. The summed E-state index contributed by atoms with van der Waals surface area (Å²) in [4.78, 5) is 27.1. The Morgan fingerprint density at radius 3 is 2.26 bits per heavy atom. The highest BCUT2D eigenvalue weighted by Crippen LogP contribution is 2.25. The smallest absolute Gasteiger partial charge is 0.256 e. The minimum absolute atomic E-state index is 0.0298. The summed E-state index contributed by atoms with van der Waals surface area (Å²) in [5.41, 5.74) is 0.439. The molecule has 2 saturated heterocycles. The van der Waals surface area contributed by atoms with Crippen molar-refractivity contribution >= 4 is 21.8 Å². The standard InChI is InChI=1S/C25H30FN3O4S/c1-18-6-4-5-15-29(18)34(32,33)21-11-9-19(10-12-21)24(30)27-20-13-16-28(17-14-20)25(31)22-7-2-3-8-23(22)26/h2-3,7-12,18,20H,4-6,13-17H2,1H3,(H,27,30). The molecule has 1 atom stereocenters. The number of halogens is 1. The molecule has 2 fully saturated rings. The fraction of sp³-hybridized carbons (Fsp3) is 0.440. The molecule has 7 nitrogen and oxygen atoms in total. The van der Waals surface area contributed by atoms with Crippen molar-refractivity contribution in [2.75, 3.05) is 19.6 Å². The summed E-state index contributed by atoms with van der Waals surface area (Å²) in [6.45, 7) is 3.28. The summed E-state index contributed by atoms with van der Waals surface area (Å²) in [5, 5.41) is 2.96. The Morgan fingerprint density at radius 1 is 0.941 bits per heavy atom. The number of carbonyl (C=O) groups excluding carboxylic acids is 2. The molecule has 0 saturated carbocycles. The molecule has 2 aliphatic heterocycles. The van der Waals surface area contributed by atoms with Crippen LogP contribution in [0, 0.1) is 5.82 Å². The first-order valence-electron chi connectivity index (χ1n) is 11.7. The zero-order chi connectivity index (χ0) is 24.3. The van der Waals surface area contributed by atoms with Crippen LogP contribution in [0.15, 0.2) is 53.4 Å². The van der Waals surface area contributed by atoms with Gasteiger partial charge < -0.3 is 10.2 Å². The first-order chi connectivity index (χ1) is 16.3. The van der Waals surface area contributed by atoms with Gasteiger partial charge in [-0.15, -0.1) is 0 Å². The van der Waals surface area contributed by atoms with Crippen LogP contribution < -0.4 is 5.32 Å². The van der Waals surface area contributed by atoms with E-state index in [4.69, 9.17) is 0 Å². The fourth-order valence-corrected chi connectivity index (χ4v) is 6.34. The predicted molar refractivity (Wildman–Crippen MR) is 126 cm³/mol. The molecule has 2 amide bonds. The molecular formula is C25H30FN3O4S. The molecule has 34 heavy (non-hydrogen) atoms. The quantitative estimate of drug-likeness (QED) is 0.700. The van der Waals surface area contributed by atoms with Crippen LogP contribution in [-0.4, -0.2) is 61.2 Å². The van der Waals surface area contributed by atoms with Crippen LogP contribution >= 0.6 is 0 Å². The van der Waals surface area contributed by atoms with E-state index in [1.165, 1.54) is 36.4 Å². The number of likely N-dealkylation sites (tertiary alicyclic amines) is 1. The van der Waals surface area contributed by atoms with E-state index in [1.54, 1.807) is 21.3 Å². The number of rotatable bonds is 5. The lowest BCUT2D eigenvalue weighted by Gasteiger charge is -2.32. The van der Waals surface area contributed by atoms with E-state index in [0.717, 1.165) is 19.3 Å². The highest BCUT2D eigenvalue weighted by Gasteiger charge is 2.31. The van der Waals surface area contributed by atoms with Crippen LogP contribution in [-0.2, 0) is 10.0 Å². The van der Waals surface area contributed by atoms with Crippen LogP contribution in [0.3, 0.4) is 0 Å². The molecule has 2 heterocycles. The first kappa shape index (κ1) is 24.3. The van der Waals surface area contributed by atoms with E-state index < -0.39 is 15.8 Å². The fourth-order valence-electron chi connectivity index (χ4n) is 4.64. The van der Waals surface area contributed by atoms with Gasteiger partial charge in [-0.3, -0.25) is 9.59 Å². The van der Waals surface area contributed by atoms with Gasteiger partial charge in [-0.25, -0.2) is 12.8 Å². The van der Waals surface area contributed by atoms with Gasteiger partial charge in [-0.1, -0.05) is 18.6 Å². The van der Waals surface area contributed by atoms with E-state index in [-0.39, 0.29) is 34.4 Å². The van der Waals surface area contributed by atoms with Gasteiger partial charge in [0, 0.05) is 37.3 Å². The average molecular weight is 488 g/mol. The van der Waals surface area contributed by atoms with Gasteiger partial charge in [-0.05, 0) is 69.0 Å². The summed E-state index contributed by atoms with van der Waals surface area (Å²) >= 11 is 0. The Balaban J connectivity index is 1.33. The van der Waals surface area contributed by atoms with Gasteiger partial charge in [0.25, 0.3) is 11.8 Å². The molecule has 2 aliphatic rings. The highest BCUT2D eigenvalue weighted by atomic mass is 32.2. The highest BCUT2D eigenvalue weighted by molar-refractivity contribution is 7.89. The molecule has 0 bridgehead atoms. The van der Waals surface area contributed by atoms with Crippen LogP contribution in [0.1, 0.15) is 59.7 Å². The molecule has 1 N–H and O–H groups in total. The maximum Gasteiger partial charge on any atom is 0.256 e. The van der Waals surface area contributed by atoms with Crippen LogP contribution in [0.5, 0.6) is 0 Å². The second-order valence-corrected chi connectivity index (χ2v) is 10.9. The van der Waals surface area contributed by atoms with E-state index in [1.807, 2.05) is 6.92 Å². The SMILES string of the molecule is CC1CCCCN1S(=O)(=O)c1ccc(C(=O)NC2CCN(C(=O)c3ccccc3F)CC2)cc1. The molecule has 0 spiro atoms. The largest absolute Gasteiger partial charge is 0.349 e. The summed E-state index contributed by atoms with van der Waals surface area (Å²) < 4.78 is 41.4. The Morgan fingerprint density at radius 2 is 1.62 bits per heavy atom. The van der Waals surface area contributed by atoms with Crippen LogP contribution in [0.2, 0.25) is 0 Å². The monoisotopic (exact) mass is 487 g/mol. The molecule has 0 radical (unpaired) electrons. The van der Waals surface area contributed by atoms with E-state index in [0.29, 0.717) is 38.0 Å². The first-order valence-corrected chi connectivity index (χ1v) is 13.2. The molecule has 182 valence electrons. The van der Waals surface area contributed by atoms with Crippen molar-refractivity contribution in [3.05, 3.63) is 65.5 Å². The van der Waals surface area contributed by atoms with E-state index >= 15 is 0 Å². The number of carbonyl (C=O) groups is 2. The van der Waals surface area contributed by atoms with Crippen molar-refractivity contribution in [1.29, 1.82) is 0 Å². The maximum absolute atomic E-state index is 13.9. The van der Waals surface area contributed by atoms with Gasteiger partial charge in [0.15, 0.2) is 0 Å². The number of benzene rings is 2. The number of hydrogen-bond acceptors (Lipinski definition) is 4. The van der Waals surface area contributed by atoms with Crippen molar-refractivity contribution in [2.24, 2.45) is 0 Å². The van der Waals surface area contributed by atoms with Gasteiger partial charge in [0.2, 0.25) is 10.0 Å². The van der Waals surface area contributed by atoms with Crippen LogP contribution in [0.25, 0.3) is 0 Å². The van der Waals surface area contributed by atoms with Gasteiger partial charge in [-0.2, -0.15) is 4.31 Å². The molecule has 1 unspecified atom stereocenters. The Labute approximate surface area is 200 Å². The maximum atomic E-state index is 13.9. The third kappa shape index (κ3) is 5.15. The van der Waals surface area contributed by atoms with Crippen molar-refractivity contribution in [2.45, 2.75) is 56.0 Å². The third-order valence-electron chi connectivity index (χ3n) is 6.69. The van der Waals surface area contributed by atoms with Gasteiger partial charge in [0.05, 0.1) is 10.5 Å². The minimum atomic E-state index is -3.58. The lowest BCUT2D eigenvalue weighted by atomic mass is 10.0. The number of nitrogens with zero attached hydrogens (tertiary/aromatic N) is 2. The second-order valence-electron chi connectivity index (χ2n) is 9.00. The number of amides is 2. The van der Waals surface area contributed by atoms with Gasteiger partial charge >= 0.3 is 0 Å². The zero-order valence-corrected chi connectivity index (χ0v) is 20.1. The lowest BCUT2D eigenvalue weighted by Crippen LogP contribution is -2.46. The molecule has 0 aliphatic carbocycles. The summed E-state index contributed by atoms with van der Waals surface area (Å²) in [7, 11) is -3.58. The average Bonchev–Trinajstić information content (AvgIpc) is 2.84. The van der Waals surface area contributed by atoms with Gasteiger partial charge in [0.1, 0.15) is 5.82 Å². The lowest BCUT2D eigenvalue weighted by molar-refractivity contribution is 0.0693. The zero-order valence-electron chi connectivity index (χ0n) is 19.2. The number of nitrogens with one attached hydrogen (secondary N) is 1. The number of piperidine rings is 2. The van der Waals surface area contributed by atoms with Crippen LogP contribution in [0.4, 0.5) is 4.39 Å². The van der Waals surface area contributed by atoms with Crippen molar-refractivity contribution in [3.63, 3.8) is 0 Å². The normalized spacial score (nSPS) is 20.2. The summed E-state index contributed by atoms with van der Waals surface area (Å²) in [6.07, 6.45) is 3.86. The van der Waals surface area contributed by atoms with Crippen molar-refractivity contribution < 1.29 is 22.4 Å². The minimum Gasteiger partial charge on any atom is -0.349 e. The molecule has 2 aromatic carbocycles. The Kier molecular flexibility index (Phi) is 7.33. The van der Waals surface area contributed by atoms with E-state index in [2.05, 4.69) is 5.32 Å². The summed E-state index contributed by atoms with van der Waals surface area (Å²) in [5.74, 6) is -1.17. The van der Waals surface area contributed by atoms with E-state index in [9.17, 15) is 22.4 Å². The number of hydrogen-bond donors (Lipinski definition) is 1. The molecular weight excluding hydrogens is 457 g/mol. The molecule has 4 rings (SSSR count). The Bertz CT molecular complexity index is 1150. The molecule has 0 aromatic heterocycles.